The summed E-state index contributed by atoms with van der Waals surface area (Å²) in [6.07, 6.45) is 3.67. The lowest BCUT2D eigenvalue weighted by atomic mass is 9.97. The van der Waals surface area contributed by atoms with E-state index in [9.17, 15) is 9.90 Å². The number of hydrogen-bond donors (Lipinski definition) is 2. The fourth-order valence-electron chi connectivity index (χ4n) is 2.24. The summed E-state index contributed by atoms with van der Waals surface area (Å²) in [4.78, 5) is 12.7. The normalized spacial score (nSPS) is 20.3. The van der Waals surface area contributed by atoms with Crippen molar-refractivity contribution in [2.24, 2.45) is 0 Å². The summed E-state index contributed by atoms with van der Waals surface area (Å²) >= 11 is 0. The number of carboxylic acids is 1. The summed E-state index contributed by atoms with van der Waals surface area (Å²) in [5.74, 6) is -0.837. The lowest BCUT2D eigenvalue weighted by Crippen LogP contribution is -2.51. The summed E-state index contributed by atoms with van der Waals surface area (Å²) in [5.41, 5.74) is -0.903. The molecule has 1 aliphatic carbocycles. The van der Waals surface area contributed by atoms with Gasteiger partial charge in [-0.2, -0.15) is 0 Å². The van der Waals surface area contributed by atoms with Gasteiger partial charge in [0.25, 0.3) is 0 Å². The van der Waals surface area contributed by atoms with Gasteiger partial charge in [-0.05, 0) is 33.6 Å². The van der Waals surface area contributed by atoms with Gasteiger partial charge in [-0.15, -0.1) is 0 Å². The minimum absolute atomic E-state index is 0.00812. The molecule has 0 aromatic carbocycles. The number of aliphatic carboxylic acids is 1. The van der Waals surface area contributed by atoms with E-state index in [0.717, 1.165) is 25.7 Å². The maximum Gasteiger partial charge on any atom is 0.317 e. The molecule has 0 saturated heterocycles. The van der Waals surface area contributed by atoms with Gasteiger partial charge in [0.05, 0.1) is 12.1 Å². The molecule has 0 radical (unpaired) electrons. The van der Waals surface area contributed by atoms with Crippen LogP contribution in [-0.4, -0.2) is 45.3 Å². The zero-order chi connectivity index (χ0) is 12.4. The maximum absolute atomic E-state index is 10.8. The number of carboxylic acid groups (broad SMARTS) is 1. The third-order valence-electron chi connectivity index (χ3n) is 3.29. The molecule has 4 nitrogen and oxygen atoms in total. The van der Waals surface area contributed by atoms with E-state index >= 15 is 0 Å². The Labute approximate surface area is 97.3 Å². The molecule has 0 aromatic rings. The first-order valence-electron chi connectivity index (χ1n) is 5.92. The second kappa shape index (κ2) is 4.72. The summed E-state index contributed by atoms with van der Waals surface area (Å²) in [7, 11) is 0. The maximum atomic E-state index is 10.8. The van der Waals surface area contributed by atoms with Gasteiger partial charge in [0, 0.05) is 12.1 Å². The van der Waals surface area contributed by atoms with Crippen molar-refractivity contribution in [1.29, 1.82) is 0 Å². The number of rotatable bonds is 4. The second-order valence-corrected chi connectivity index (χ2v) is 5.85. The standard InChI is InChI=1S/C12H23NO3/c1-11(2,3)13(8-10(14)15)9-12(16)6-4-5-7-12/h16H,4-9H2,1-3H3,(H,14,15). The van der Waals surface area contributed by atoms with E-state index in [1.165, 1.54) is 0 Å². The van der Waals surface area contributed by atoms with Crippen LogP contribution in [0.15, 0.2) is 0 Å². The van der Waals surface area contributed by atoms with Crippen molar-refractivity contribution in [1.82, 2.24) is 4.90 Å². The SMILES string of the molecule is CC(C)(C)N(CC(=O)O)CC1(O)CCCC1. The molecule has 0 bridgehead atoms. The van der Waals surface area contributed by atoms with Crippen LogP contribution in [0.4, 0.5) is 0 Å². The highest BCUT2D eigenvalue weighted by Crippen LogP contribution is 2.31. The zero-order valence-electron chi connectivity index (χ0n) is 10.5. The first-order valence-corrected chi connectivity index (χ1v) is 5.92. The van der Waals surface area contributed by atoms with E-state index in [4.69, 9.17) is 5.11 Å². The molecule has 0 unspecified atom stereocenters. The molecule has 1 fully saturated rings. The van der Waals surface area contributed by atoms with Crippen molar-refractivity contribution in [3.63, 3.8) is 0 Å². The van der Waals surface area contributed by atoms with Crippen LogP contribution in [0, 0.1) is 0 Å². The van der Waals surface area contributed by atoms with Gasteiger partial charge in [-0.1, -0.05) is 12.8 Å². The quantitative estimate of drug-likeness (QED) is 0.766. The number of β-amino-alcohol motifs (C(OH)–C–C–N with tert-alkyl or cyclic N) is 1. The molecule has 2 N–H and O–H groups in total. The molecular weight excluding hydrogens is 206 g/mol. The molecule has 4 heteroatoms. The van der Waals surface area contributed by atoms with E-state index in [0.29, 0.717) is 6.54 Å². The summed E-state index contributed by atoms with van der Waals surface area (Å²) in [6.45, 7) is 6.39. The average Bonchev–Trinajstić information content (AvgIpc) is 2.48. The van der Waals surface area contributed by atoms with Gasteiger partial charge in [0.2, 0.25) is 0 Å². The Kier molecular flexibility index (Phi) is 3.97. The average molecular weight is 229 g/mol. The number of hydrogen-bond acceptors (Lipinski definition) is 3. The second-order valence-electron chi connectivity index (χ2n) is 5.85. The fraction of sp³-hybridized carbons (Fsp3) is 0.917. The van der Waals surface area contributed by atoms with Gasteiger partial charge in [0.15, 0.2) is 0 Å². The van der Waals surface area contributed by atoms with Gasteiger partial charge in [0.1, 0.15) is 0 Å². The highest BCUT2D eigenvalue weighted by Gasteiger charge is 2.36. The highest BCUT2D eigenvalue weighted by atomic mass is 16.4. The third kappa shape index (κ3) is 3.76. The molecule has 1 rings (SSSR count). The van der Waals surface area contributed by atoms with E-state index in [-0.39, 0.29) is 12.1 Å². The number of nitrogens with zero attached hydrogens (tertiary/aromatic N) is 1. The predicted molar refractivity (Wildman–Crippen MR) is 62.4 cm³/mol. The zero-order valence-corrected chi connectivity index (χ0v) is 10.5. The Morgan fingerprint density at radius 1 is 1.31 bits per heavy atom. The Hall–Kier alpha value is -0.610. The Bertz CT molecular complexity index is 251. The van der Waals surface area contributed by atoms with Crippen molar-refractivity contribution < 1.29 is 15.0 Å². The third-order valence-corrected chi connectivity index (χ3v) is 3.29. The molecule has 0 atom stereocenters. The Morgan fingerprint density at radius 2 is 1.81 bits per heavy atom. The van der Waals surface area contributed by atoms with Crippen LogP contribution < -0.4 is 0 Å². The van der Waals surface area contributed by atoms with Gasteiger partial charge < -0.3 is 10.2 Å². The molecular formula is C12H23NO3. The summed E-state index contributed by atoms with van der Waals surface area (Å²) in [5, 5.41) is 19.2. The largest absolute Gasteiger partial charge is 0.480 e. The van der Waals surface area contributed by atoms with Crippen LogP contribution in [0.1, 0.15) is 46.5 Å². The van der Waals surface area contributed by atoms with E-state index in [1.54, 1.807) is 0 Å². The monoisotopic (exact) mass is 229 g/mol. The van der Waals surface area contributed by atoms with Crippen molar-refractivity contribution in [2.75, 3.05) is 13.1 Å². The first kappa shape index (κ1) is 13.5. The number of aliphatic hydroxyl groups is 1. The van der Waals surface area contributed by atoms with E-state index in [2.05, 4.69) is 0 Å². The molecule has 0 aromatic heterocycles. The minimum Gasteiger partial charge on any atom is -0.480 e. The topological polar surface area (TPSA) is 60.8 Å². The van der Waals surface area contributed by atoms with E-state index in [1.807, 2.05) is 25.7 Å². The van der Waals surface area contributed by atoms with Crippen molar-refractivity contribution >= 4 is 5.97 Å². The van der Waals surface area contributed by atoms with E-state index < -0.39 is 11.6 Å². The summed E-state index contributed by atoms with van der Waals surface area (Å²) in [6, 6.07) is 0. The molecule has 0 spiro atoms. The number of carbonyl (C=O) groups is 1. The van der Waals surface area contributed by atoms with Crippen molar-refractivity contribution in [2.45, 2.75) is 57.6 Å². The van der Waals surface area contributed by atoms with Gasteiger partial charge >= 0.3 is 5.97 Å². The molecule has 16 heavy (non-hydrogen) atoms. The highest BCUT2D eigenvalue weighted by molar-refractivity contribution is 5.69. The molecule has 0 heterocycles. The Balaban J connectivity index is 2.66. The van der Waals surface area contributed by atoms with Crippen LogP contribution >= 0.6 is 0 Å². The molecule has 0 amide bonds. The Morgan fingerprint density at radius 3 is 2.19 bits per heavy atom. The van der Waals surface area contributed by atoms with Crippen LogP contribution in [-0.2, 0) is 4.79 Å². The van der Waals surface area contributed by atoms with Crippen LogP contribution in [0.3, 0.4) is 0 Å². The van der Waals surface area contributed by atoms with Crippen LogP contribution in [0.25, 0.3) is 0 Å². The smallest absolute Gasteiger partial charge is 0.317 e. The molecule has 94 valence electrons. The predicted octanol–water partition coefficient (Wildman–Crippen LogP) is 1.48. The minimum atomic E-state index is -0.837. The van der Waals surface area contributed by atoms with Crippen LogP contribution in [0.2, 0.25) is 0 Å². The van der Waals surface area contributed by atoms with Crippen molar-refractivity contribution in [3.8, 4) is 0 Å². The summed E-state index contributed by atoms with van der Waals surface area (Å²) < 4.78 is 0. The molecule has 0 aliphatic heterocycles. The fourth-order valence-corrected chi connectivity index (χ4v) is 2.24. The van der Waals surface area contributed by atoms with Gasteiger partial charge in [-0.3, -0.25) is 9.69 Å². The van der Waals surface area contributed by atoms with Gasteiger partial charge in [-0.25, -0.2) is 0 Å². The van der Waals surface area contributed by atoms with Crippen LogP contribution in [0.5, 0.6) is 0 Å². The lowest BCUT2D eigenvalue weighted by Gasteiger charge is -2.39. The molecule has 1 saturated carbocycles. The lowest BCUT2D eigenvalue weighted by molar-refractivity contribution is -0.141. The first-order chi connectivity index (χ1) is 7.23. The van der Waals surface area contributed by atoms with Crippen molar-refractivity contribution in [3.05, 3.63) is 0 Å². The molecule has 1 aliphatic rings.